The van der Waals surface area contributed by atoms with E-state index >= 15 is 0 Å². The summed E-state index contributed by atoms with van der Waals surface area (Å²) in [7, 11) is 1.37. The third kappa shape index (κ3) is 1.38. The maximum Gasteiger partial charge on any atom is 0.340 e. The minimum Gasteiger partial charge on any atom is -0.465 e. The lowest BCUT2D eigenvalue weighted by Gasteiger charge is -2.00. The van der Waals surface area contributed by atoms with E-state index in [0.717, 1.165) is 21.8 Å². The maximum absolute atomic E-state index is 11.7. The fourth-order valence-electron chi connectivity index (χ4n) is 2.07. The van der Waals surface area contributed by atoms with Crippen LogP contribution in [0.4, 0.5) is 0 Å². The van der Waals surface area contributed by atoms with Crippen molar-refractivity contribution >= 4 is 27.8 Å². The fraction of sp³-hybridized carbons (Fsp3) is 0.0769. The number of pyridine rings is 1. The molecule has 3 aromatic rings. The van der Waals surface area contributed by atoms with Crippen LogP contribution in [0.2, 0.25) is 0 Å². The van der Waals surface area contributed by atoms with E-state index in [1.54, 1.807) is 6.20 Å². The van der Waals surface area contributed by atoms with Crippen LogP contribution in [0.3, 0.4) is 0 Å². The van der Waals surface area contributed by atoms with Crippen molar-refractivity contribution in [1.82, 2.24) is 9.97 Å². The fourth-order valence-corrected chi connectivity index (χ4v) is 2.07. The van der Waals surface area contributed by atoms with Crippen LogP contribution in [0.15, 0.2) is 36.7 Å². The molecule has 1 aromatic carbocycles. The molecular formula is C13H10N2O2. The van der Waals surface area contributed by atoms with Crippen LogP contribution in [0.5, 0.6) is 0 Å². The molecule has 0 spiro atoms. The van der Waals surface area contributed by atoms with Gasteiger partial charge in [-0.25, -0.2) is 4.79 Å². The van der Waals surface area contributed by atoms with E-state index in [4.69, 9.17) is 4.74 Å². The molecule has 4 nitrogen and oxygen atoms in total. The number of aromatic amines is 1. The Morgan fingerprint density at radius 1 is 1.24 bits per heavy atom. The number of nitrogens with one attached hydrogen (secondary N) is 1. The standard InChI is InChI=1S/C13H10N2O2/c1-17-13(16)9-6-14-7-11-12(9)8-4-2-3-5-10(8)15-11/h2-7,15H,1H3. The molecule has 0 bridgehead atoms. The number of methoxy groups -OCH3 is 1. The first-order valence-corrected chi connectivity index (χ1v) is 5.24. The van der Waals surface area contributed by atoms with Crippen molar-refractivity contribution in [3.8, 4) is 0 Å². The van der Waals surface area contributed by atoms with Crippen molar-refractivity contribution in [1.29, 1.82) is 0 Å². The number of nitrogens with zero attached hydrogens (tertiary/aromatic N) is 1. The Kier molecular flexibility index (Phi) is 2.08. The lowest BCUT2D eigenvalue weighted by Crippen LogP contribution is -2.02. The van der Waals surface area contributed by atoms with Gasteiger partial charge in [-0.15, -0.1) is 0 Å². The lowest BCUT2D eigenvalue weighted by atomic mass is 10.1. The largest absolute Gasteiger partial charge is 0.465 e. The van der Waals surface area contributed by atoms with Gasteiger partial charge in [0, 0.05) is 22.5 Å². The molecule has 0 aliphatic carbocycles. The summed E-state index contributed by atoms with van der Waals surface area (Å²) in [6.45, 7) is 0. The molecule has 4 heteroatoms. The van der Waals surface area contributed by atoms with Crippen LogP contribution in [0, 0.1) is 0 Å². The molecule has 2 heterocycles. The summed E-state index contributed by atoms with van der Waals surface area (Å²) in [4.78, 5) is 19.0. The zero-order chi connectivity index (χ0) is 11.8. The van der Waals surface area contributed by atoms with E-state index in [1.807, 2.05) is 24.3 Å². The monoisotopic (exact) mass is 226 g/mol. The molecule has 0 atom stereocenters. The van der Waals surface area contributed by atoms with E-state index in [0.29, 0.717) is 5.56 Å². The molecule has 0 amide bonds. The summed E-state index contributed by atoms with van der Waals surface area (Å²) < 4.78 is 4.77. The van der Waals surface area contributed by atoms with Crippen molar-refractivity contribution < 1.29 is 9.53 Å². The van der Waals surface area contributed by atoms with E-state index < -0.39 is 0 Å². The maximum atomic E-state index is 11.7. The minimum atomic E-state index is -0.368. The Bertz CT molecular complexity index is 716. The van der Waals surface area contributed by atoms with Crippen LogP contribution in [0.1, 0.15) is 10.4 Å². The lowest BCUT2D eigenvalue weighted by molar-refractivity contribution is 0.0602. The summed E-state index contributed by atoms with van der Waals surface area (Å²) in [6, 6.07) is 7.83. The van der Waals surface area contributed by atoms with Gasteiger partial charge in [0.15, 0.2) is 0 Å². The molecule has 0 aliphatic rings. The predicted molar refractivity (Wildman–Crippen MR) is 64.9 cm³/mol. The van der Waals surface area contributed by atoms with Gasteiger partial charge in [-0.1, -0.05) is 18.2 Å². The van der Waals surface area contributed by atoms with E-state index in [1.165, 1.54) is 13.3 Å². The smallest absolute Gasteiger partial charge is 0.340 e. The predicted octanol–water partition coefficient (Wildman–Crippen LogP) is 2.50. The van der Waals surface area contributed by atoms with Gasteiger partial charge in [0.25, 0.3) is 0 Å². The summed E-state index contributed by atoms with van der Waals surface area (Å²) in [5.74, 6) is -0.368. The quantitative estimate of drug-likeness (QED) is 0.648. The zero-order valence-corrected chi connectivity index (χ0v) is 9.23. The third-order valence-corrected chi connectivity index (χ3v) is 2.82. The van der Waals surface area contributed by atoms with Crippen molar-refractivity contribution in [2.24, 2.45) is 0 Å². The van der Waals surface area contributed by atoms with Gasteiger partial charge in [0.05, 0.1) is 24.4 Å². The summed E-state index contributed by atoms with van der Waals surface area (Å²) in [6.07, 6.45) is 3.25. The number of aromatic nitrogens is 2. The number of rotatable bonds is 1. The van der Waals surface area contributed by atoms with Crippen molar-refractivity contribution in [2.45, 2.75) is 0 Å². The Labute approximate surface area is 97.2 Å². The second kappa shape index (κ2) is 3.59. The highest BCUT2D eigenvalue weighted by molar-refractivity contribution is 6.16. The summed E-state index contributed by atoms with van der Waals surface area (Å²) in [5, 5.41) is 1.87. The SMILES string of the molecule is COC(=O)c1cncc2[nH]c3ccccc3c12. The number of benzene rings is 1. The number of ether oxygens (including phenoxy) is 1. The third-order valence-electron chi connectivity index (χ3n) is 2.82. The Hall–Kier alpha value is -2.36. The van der Waals surface area contributed by atoms with Crippen molar-refractivity contribution in [2.75, 3.05) is 7.11 Å². The van der Waals surface area contributed by atoms with Gasteiger partial charge in [-0.05, 0) is 6.07 Å². The number of esters is 1. The average Bonchev–Trinajstić information content (AvgIpc) is 2.76. The highest BCUT2D eigenvalue weighted by atomic mass is 16.5. The molecule has 1 N–H and O–H groups in total. The molecule has 0 saturated heterocycles. The highest BCUT2D eigenvalue weighted by Gasteiger charge is 2.14. The van der Waals surface area contributed by atoms with Gasteiger partial charge in [-0.3, -0.25) is 4.98 Å². The molecule has 0 radical (unpaired) electrons. The number of hydrogen-bond donors (Lipinski definition) is 1. The van der Waals surface area contributed by atoms with Crippen LogP contribution in [-0.4, -0.2) is 23.0 Å². The first-order valence-electron chi connectivity index (χ1n) is 5.24. The molecule has 3 rings (SSSR count). The van der Waals surface area contributed by atoms with Crippen LogP contribution >= 0.6 is 0 Å². The summed E-state index contributed by atoms with van der Waals surface area (Å²) in [5.41, 5.74) is 2.32. The van der Waals surface area contributed by atoms with Gasteiger partial charge < -0.3 is 9.72 Å². The van der Waals surface area contributed by atoms with Gasteiger partial charge in [0.2, 0.25) is 0 Å². The highest BCUT2D eigenvalue weighted by Crippen LogP contribution is 2.27. The number of H-pyrrole nitrogens is 1. The molecule has 0 aliphatic heterocycles. The summed E-state index contributed by atoms with van der Waals surface area (Å²) >= 11 is 0. The number of fused-ring (bicyclic) bond motifs is 3. The number of hydrogen-bond acceptors (Lipinski definition) is 3. The first-order chi connectivity index (χ1) is 8.31. The number of para-hydroxylation sites is 1. The Balaban J connectivity index is 2.47. The molecule has 0 saturated carbocycles. The Morgan fingerprint density at radius 3 is 2.88 bits per heavy atom. The number of carbonyl (C=O) groups excluding carboxylic acids is 1. The molecule has 17 heavy (non-hydrogen) atoms. The van der Waals surface area contributed by atoms with E-state index in [9.17, 15) is 4.79 Å². The normalized spacial score (nSPS) is 10.9. The van der Waals surface area contributed by atoms with E-state index in [-0.39, 0.29) is 5.97 Å². The second-order valence-electron chi connectivity index (χ2n) is 3.77. The van der Waals surface area contributed by atoms with E-state index in [2.05, 4.69) is 9.97 Å². The van der Waals surface area contributed by atoms with Crippen molar-refractivity contribution in [3.63, 3.8) is 0 Å². The molecule has 0 fully saturated rings. The van der Waals surface area contributed by atoms with Gasteiger partial charge in [0.1, 0.15) is 0 Å². The average molecular weight is 226 g/mol. The van der Waals surface area contributed by atoms with Crippen LogP contribution in [-0.2, 0) is 4.74 Å². The molecular weight excluding hydrogens is 216 g/mol. The minimum absolute atomic E-state index is 0.368. The number of carbonyl (C=O) groups is 1. The Morgan fingerprint density at radius 2 is 2.06 bits per heavy atom. The van der Waals surface area contributed by atoms with Crippen LogP contribution in [0.25, 0.3) is 21.8 Å². The molecule has 84 valence electrons. The van der Waals surface area contributed by atoms with Crippen LogP contribution < -0.4 is 0 Å². The second-order valence-corrected chi connectivity index (χ2v) is 3.77. The molecule has 2 aromatic heterocycles. The first kappa shape index (κ1) is 9.84. The molecule has 0 unspecified atom stereocenters. The van der Waals surface area contributed by atoms with Gasteiger partial charge >= 0.3 is 5.97 Å². The van der Waals surface area contributed by atoms with Crippen molar-refractivity contribution in [3.05, 3.63) is 42.2 Å². The topological polar surface area (TPSA) is 55.0 Å². The van der Waals surface area contributed by atoms with Gasteiger partial charge in [-0.2, -0.15) is 0 Å². The zero-order valence-electron chi connectivity index (χ0n) is 9.23.